The monoisotopic (exact) mass is 437 g/mol. The van der Waals surface area contributed by atoms with Crippen molar-refractivity contribution in [2.45, 2.75) is 31.6 Å². The Morgan fingerprint density at radius 1 is 0.833 bits per heavy atom. The Bertz CT molecular complexity index is 842. The van der Waals surface area contributed by atoms with Crippen molar-refractivity contribution in [3.05, 3.63) is 64.7 Å². The average molecular weight is 438 g/mol. The molecule has 7 heteroatoms. The van der Waals surface area contributed by atoms with Crippen molar-refractivity contribution in [1.82, 2.24) is 9.80 Å². The minimum absolute atomic E-state index is 0.364. The normalized spacial score (nSPS) is 19.9. The molecule has 0 aromatic heterocycles. The highest BCUT2D eigenvalue weighted by atomic mass is 35.5. The summed E-state index contributed by atoms with van der Waals surface area (Å²) in [6, 6.07) is 14.4. The van der Waals surface area contributed by atoms with Gasteiger partial charge in [0.15, 0.2) is 0 Å². The van der Waals surface area contributed by atoms with E-state index < -0.39 is 11.7 Å². The maximum atomic E-state index is 13.2. The number of benzene rings is 2. The van der Waals surface area contributed by atoms with E-state index in [1.807, 2.05) is 18.2 Å². The topological polar surface area (TPSA) is 9.72 Å². The van der Waals surface area contributed by atoms with Crippen LogP contribution in [-0.2, 0) is 12.7 Å². The van der Waals surface area contributed by atoms with Crippen molar-refractivity contribution < 1.29 is 13.2 Å². The van der Waals surface area contributed by atoms with E-state index in [9.17, 15) is 13.2 Å². The second kappa shape index (κ2) is 9.16. The number of anilines is 1. The molecule has 3 nitrogen and oxygen atoms in total. The van der Waals surface area contributed by atoms with Crippen LogP contribution in [-0.4, -0.2) is 55.1 Å². The lowest BCUT2D eigenvalue weighted by Crippen LogP contribution is -2.53. The standard InChI is InChI=1S/C23H27ClF3N3/c24-21-7-3-4-8-22(21)30-15-13-29(14-16-30)19-9-11-28(12-10-19)17-18-5-1-2-6-20(18)23(25,26)27/h1-8,19H,9-17H2. The predicted molar refractivity (Wildman–Crippen MR) is 115 cm³/mol. The second-order valence-corrected chi connectivity index (χ2v) is 8.54. The number of hydrogen-bond donors (Lipinski definition) is 0. The third-order valence-electron chi connectivity index (χ3n) is 6.30. The summed E-state index contributed by atoms with van der Waals surface area (Å²) in [7, 11) is 0. The number of alkyl halides is 3. The molecule has 0 amide bonds. The third kappa shape index (κ3) is 4.93. The number of likely N-dealkylation sites (tertiary alicyclic amines) is 1. The average Bonchev–Trinajstić information content (AvgIpc) is 2.75. The van der Waals surface area contributed by atoms with Crippen LogP contribution < -0.4 is 4.90 Å². The summed E-state index contributed by atoms with van der Waals surface area (Å²) in [5.41, 5.74) is 0.955. The van der Waals surface area contributed by atoms with Gasteiger partial charge < -0.3 is 4.90 Å². The Balaban J connectivity index is 1.28. The molecule has 2 saturated heterocycles. The number of hydrogen-bond acceptors (Lipinski definition) is 3. The molecule has 0 spiro atoms. The van der Waals surface area contributed by atoms with Gasteiger partial charge in [-0.2, -0.15) is 13.2 Å². The van der Waals surface area contributed by atoms with Crippen LogP contribution in [0, 0.1) is 0 Å². The van der Waals surface area contributed by atoms with Gasteiger partial charge in [-0.15, -0.1) is 0 Å². The van der Waals surface area contributed by atoms with E-state index in [0.29, 0.717) is 18.2 Å². The van der Waals surface area contributed by atoms with Crippen LogP contribution in [0.5, 0.6) is 0 Å². The summed E-state index contributed by atoms with van der Waals surface area (Å²) in [6.07, 6.45) is -2.29. The first-order valence-corrected chi connectivity index (χ1v) is 10.9. The summed E-state index contributed by atoms with van der Waals surface area (Å²) < 4.78 is 39.7. The highest BCUT2D eigenvalue weighted by Gasteiger charge is 2.34. The Kier molecular flexibility index (Phi) is 6.56. The first-order chi connectivity index (χ1) is 14.4. The summed E-state index contributed by atoms with van der Waals surface area (Å²) in [6.45, 7) is 5.91. The smallest absolute Gasteiger partial charge is 0.368 e. The van der Waals surface area contributed by atoms with Gasteiger partial charge in [-0.1, -0.05) is 41.9 Å². The van der Waals surface area contributed by atoms with Gasteiger partial charge in [-0.05, 0) is 49.7 Å². The lowest BCUT2D eigenvalue weighted by Gasteiger charge is -2.43. The molecule has 0 unspecified atom stereocenters. The SMILES string of the molecule is FC(F)(F)c1ccccc1CN1CCC(N2CCN(c3ccccc3Cl)CC2)CC1. The van der Waals surface area contributed by atoms with Crippen LogP contribution in [0.3, 0.4) is 0 Å². The van der Waals surface area contributed by atoms with Gasteiger partial charge in [-0.25, -0.2) is 0 Å². The minimum atomic E-state index is -4.30. The van der Waals surface area contributed by atoms with Crippen molar-refractivity contribution in [2.24, 2.45) is 0 Å². The van der Waals surface area contributed by atoms with E-state index in [2.05, 4.69) is 20.8 Å². The Hall–Kier alpha value is -1.76. The van der Waals surface area contributed by atoms with Crippen molar-refractivity contribution in [3.8, 4) is 0 Å². The van der Waals surface area contributed by atoms with Gasteiger partial charge in [0, 0.05) is 38.8 Å². The number of nitrogens with zero attached hydrogens (tertiary/aromatic N) is 3. The van der Waals surface area contributed by atoms with Gasteiger partial charge in [0.25, 0.3) is 0 Å². The quantitative estimate of drug-likeness (QED) is 0.655. The van der Waals surface area contributed by atoms with Crippen LogP contribution in [0.15, 0.2) is 48.5 Å². The molecule has 2 aliphatic rings. The van der Waals surface area contributed by atoms with Gasteiger partial charge in [0.2, 0.25) is 0 Å². The lowest BCUT2D eigenvalue weighted by atomic mass is 10.00. The Morgan fingerprint density at radius 2 is 1.47 bits per heavy atom. The number of halogens is 4. The van der Waals surface area contributed by atoms with Crippen LogP contribution in [0.2, 0.25) is 5.02 Å². The van der Waals surface area contributed by atoms with Crippen molar-refractivity contribution >= 4 is 17.3 Å². The van der Waals surface area contributed by atoms with E-state index in [4.69, 9.17) is 11.6 Å². The van der Waals surface area contributed by atoms with Crippen LogP contribution in [0.25, 0.3) is 0 Å². The molecule has 4 rings (SSSR count). The van der Waals surface area contributed by atoms with E-state index in [0.717, 1.165) is 62.8 Å². The lowest BCUT2D eigenvalue weighted by molar-refractivity contribution is -0.138. The van der Waals surface area contributed by atoms with E-state index in [1.54, 1.807) is 12.1 Å². The first kappa shape index (κ1) is 21.5. The van der Waals surface area contributed by atoms with Crippen LogP contribution in [0.4, 0.5) is 18.9 Å². The Morgan fingerprint density at radius 3 is 2.13 bits per heavy atom. The zero-order valence-electron chi connectivity index (χ0n) is 16.9. The maximum Gasteiger partial charge on any atom is 0.416 e. The molecular formula is C23H27ClF3N3. The number of piperazine rings is 1. The van der Waals surface area contributed by atoms with Gasteiger partial charge >= 0.3 is 6.18 Å². The van der Waals surface area contributed by atoms with Crippen molar-refractivity contribution in [3.63, 3.8) is 0 Å². The minimum Gasteiger partial charge on any atom is -0.368 e. The van der Waals surface area contributed by atoms with E-state index in [-0.39, 0.29) is 0 Å². The molecular weight excluding hydrogens is 411 g/mol. The zero-order valence-corrected chi connectivity index (χ0v) is 17.7. The largest absolute Gasteiger partial charge is 0.416 e. The molecule has 0 aliphatic carbocycles. The summed E-state index contributed by atoms with van der Waals surface area (Å²) in [5.74, 6) is 0. The van der Waals surface area contributed by atoms with E-state index in [1.165, 1.54) is 12.1 Å². The molecule has 2 heterocycles. The molecule has 2 aromatic rings. The molecule has 2 aliphatic heterocycles. The fourth-order valence-electron chi connectivity index (χ4n) is 4.65. The number of rotatable bonds is 4. The highest BCUT2D eigenvalue weighted by Crippen LogP contribution is 2.33. The molecule has 162 valence electrons. The fourth-order valence-corrected chi connectivity index (χ4v) is 4.91. The second-order valence-electron chi connectivity index (χ2n) is 8.14. The van der Waals surface area contributed by atoms with Gasteiger partial charge in [-0.3, -0.25) is 9.80 Å². The van der Waals surface area contributed by atoms with Crippen LogP contribution >= 0.6 is 11.6 Å². The fraction of sp³-hybridized carbons (Fsp3) is 0.478. The molecule has 0 N–H and O–H groups in total. The zero-order chi connectivity index (χ0) is 21.1. The molecule has 2 aromatic carbocycles. The van der Waals surface area contributed by atoms with E-state index >= 15 is 0 Å². The van der Waals surface area contributed by atoms with Crippen molar-refractivity contribution in [2.75, 3.05) is 44.2 Å². The third-order valence-corrected chi connectivity index (χ3v) is 6.62. The predicted octanol–water partition coefficient (Wildman–Crippen LogP) is 5.15. The molecule has 0 saturated carbocycles. The summed E-state index contributed by atoms with van der Waals surface area (Å²) in [4.78, 5) is 7.03. The summed E-state index contributed by atoms with van der Waals surface area (Å²) >= 11 is 6.33. The first-order valence-electron chi connectivity index (χ1n) is 10.5. The molecule has 2 fully saturated rings. The maximum absolute atomic E-state index is 13.2. The van der Waals surface area contributed by atoms with Crippen LogP contribution in [0.1, 0.15) is 24.0 Å². The molecule has 0 bridgehead atoms. The summed E-state index contributed by atoms with van der Waals surface area (Å²) in [5, 5.41) is 0.790. The van der Waals surface area contributed by atoms with Gasteiger partial charge in [0.05, 0.1) is 16.3 Å². The van der Waals surface area contributed by atoms with Gasteiger partial charge in [0.1, 0.15) is 0 Å². The number of piperidine rings is 1. The van der Waals surface area contributed by atoms with Crippen molar-refractivity contribution in [1.29, 1.82) is 0 Å². The molecule has 30 heavy (non-hydrogen) atoms. The Labute approximate surface area is 181 Å². The molecule has 0 radical (unpaired) electrons. The molecule has 0 atom stereocenters. The number of para-hydroxylation sites is 1. The highest BCUT2D eigenvalue weighted by molar-refractivity contribution is 6.33.